The van der Waals surface area contributed by atoms with E-state index < -0.39 is 0 Å². The lowest BCUT2D eigenvalue weighted by atomic mass is 10.2. The van der Waals surface area contributed by atoms with Gasteiger partial charge in [-0.1, -0.05) is 18.2 Å². The molecule has 0 bridgehead atoms. The summed E-state index contributed by atoms with van der Waals surface area (Å²) in [4.78, 5) is 23.0. The van der Waals surface area contributed by atoms with Crippen LogP contribution in [0.1, 0.15) is 13.8 Å². The number of hydrogen-bond acceptors (Lipinski definition) is 2. The van der Waals surface area contributed by atoms with Crippen LogP contribution in [0.3, 0.4) is 0 Å². The minimum Gasteiger partial charge on any atom is -0.322 e. The van der Waals surface area contributed by atoms with Crippen LogP contribution in [0.2, 0.25) is 0 Å². The van der Waals surface area contributed by atoms with Crippen molar-refractivity contribution in [2.24, 2.45) is 0 Å². The van der Waals surface area contributed by atoms with Crippen molar-refractivity contribution in [3.8, 4) is 0 Å². The Morgan fingerprint density at radius 2 is 1.67 bits per heavy atom. The number of aromatic nitrogens is 1. The molecule has 0 saturated heterocycles. The number of rotatable bonds is 0. The Morgan fingerprint density at radius 1 is 1.07 bits per heavy atom. The number of Topliss-reactive ketones (excluding diaryl/α,β-unsaturated/α-hetero) is 1. The quantitative estimate of drug-likeness (QED) is 0.713. The van der Waals surface area contributed by atoms with Crippen molar-refractivity contribution in [1.82, 2.24) is 4.98 Å². The molecule has 0 aliphatic rings. The van der Waals surface area contributed by atoms with E-state index in [9.17, 15) is 9.59 Å². The third kappa shape index (κ3) is 3.77. The molecular weight excluding hydrogens is 190 g/mol. The Morgan fingerprint density at radius 3 is 2.33 bits per heavy atom. The van der Waals surface area contributed by atoms with Crippen LogP contribution in [-0.2, 0) is 4.79 Å². The summed E-state index contributed by atoms with van der Waals surface area (Å²) in [6.45, 7) is 3.06. The molecule has 15 heavy (non-hydrogen) atoms. The Balaban J connectivity index is 0.000000245. The molecule has 0 radical (unpaired) electrons. The van der Waals surface area contributed by atoms with Gasteiger partial charge < -0.3 is 9.78 Å². The maximum atomic E-state index is 10.8. The Kier molecular flexibility index (Phi) is 3.80. The molecule has 0 unspecified atom stereocenters. The average molecular weight is 203 g/mol. The summed E-state index contributed by atoms with van der Waals surface area (Å²) in [5.74, 6) is 0.167. The second kappa shape index (κ2) is 5.10. The van der Waals surface area contributed by atoms with E-state index in [-0.39, 0.29) is 11.3 Å². The van der Waals surface area contributed by atoms with E-state index in [0.717, 1.165) is 10.9 Å². The third-order valence-electron chi connectivity index (χ3n) is 1.63. The molecule has 0 spiro atoms. The fourth-order valence-electron chi connectivity index (χ4n) is 1.10. The highest BCUT2D eigenvalue weighted by atomic mass is 16.1. The number of pyridine rings is 1. The predicted molar refractivity (Wildman–Crippen MR) is 60.9 cm³/mol. The molecule has 0 saturated carbocycles. The van der Waals surface area contributed by atoms with Crippen LogP contribution >= 0.6 is 0 Å². The largest absolute Gasteiger partial charge is 0.322 e. The predicted octanol–water partition coefficient (Wildman–Crippen LogP) is 2.12. The molecule has 0 aliphatic carbocycles. The average Bonchev–Trinajstić information content (AvgIpc) is 2.16. The summed E-state index contributed by atoms with van der Waals surface area (Å²) < 4.78 is 0. The van der Waals surface area contributed by atoms with Crippen molar-refractivity contribution < 1.29 is 4.79 Å². The number of carbonyl (C=O) groups is 1. The molecule has 0 atom stereocenters. The van der Waals surface area contributed by atoms with Crippen molar-refractivity contribution in [2.75, 3.05) is 0 Å². The third-order valence-corrected chi connectivity index (χ3v) is 1.63. The van der Waals surface area contributed by atoms with Crippen molar-refractivity contribution in [3.63, 3.8) is 0 Å². The van der Waals surface area contributed by atoms with Crippen LogP contribution in [0, 0.1) is 0 Å². The van der Waals surface area contributed by atoms with Gasteiger partial charge >= 0.3 is 0 Å². The highest BCUT2D eigenvalue weighted by Crippen LogP contribution is 2.06. The van der Waals surface area contributed by atoms with Gasteiger partial charge in [-0.15, -0.1) is 0 Å². The maximum Gasteiger partial charge on any atom is 0.248 e. The number of benzene rings is 1. The number of aromatic amines is 1. The number of H-pyrrole nitrogens is 1. The monoisotopic (exact) mass is 203 g/mol. The molecule has 0 fully saturated rings. The zero-order valence-electron chi connectivity index (χ0n) is 8.78. The van der Waals surface area contributed by atoms with Gasteiger partial charge in [0, 0.05) is 11.6 Å². The molecule has 3 nitrogen and oxygen atoms in total. The first-order valence-corrected chi connectivity index (χ1v) is 4.65. The highest BCUT2D eigenvalue weighted by molar-refractivity contribution is 5.77. The molecule has 1 aromatic carbocycles. The summed E-state index contributed by atoms with van der Waals surface area (Å²) in [6.07, 6.45) is 0. The summed E-state index contributed by atoms with van der Waals surface area (Å²) in [5, 5.41) is 1.06. The Hall–Kier alpha value is -1.90. The molecule has 3 heteroatoms. The molecule has 2 rings (SSSR count). The first-order chi connectivity index (χ1) is 7.09. The SMILES string of the molecule is CC(C)=O.O=c1ccc2ccccc2[nH]1. The van der Waals surface area contributed by atoms with Gasteiger partial charge in [0.1, 0.15) is 5.78 Å². The molecule has 1 N–H and O–H groups in total. The molecule has 0 aliphatic heterocycles. The van der Waals surface area contributed by atoms with E-state index in [2.05, 4.69) is 4.98 Å². The van der Waals surface area contributed by atoms with E-state index >= 15 is 0 Å². The lowest BCUT2D eigenvalue weighted by Crippen LogP contribution is -2.01. The zero-order chi connectivity index (χ0) is 11.3. The van der Waals surface area contributed by atoms with Crippen LogP contribution in [0.15, 0.2) is 41.2 Å². The van der Waals surface area contributed by atoms with E-state index in [0.29, 0.717) is 0 Å². The number of hydrogen-bond donors (Lipinski definition) is 1. The molecule has 1 aromatic heterocycles. The number of carbonyl (C=O) groups excluding carboxylic acids is 1. The lowest BCUT2D eigenvalue weighted by molar-refractivity contribution is -0.114. The first kappa shape index (κ1) is 11.2. The molecule has 0 amide bonds. The molecular formula is C12H13NO2. The summed E-state index contributed by atoms with van der Waals surface area (Å²) >= 11 is 0. The standard InChI is InChI=1S/C9H7NO.C3H6O/c11-9-6-5-7-3-1-2-4-8(7)10-9;1-3(2)4/h1-6H,(H,10,11);1-2H3. The summed E-state index contributed by atoms with van der Waals surface area (Å²) in [6, 6.07) is 11.0. The van der Waals surface area contributed by atoms with Gasteiger partial charge in [-0.25, -0.2) is 0 Å². The van der Waals surface area contributed by atoms with Gasteiger partial charge in [0.05, 0.1) is 0 Å². The van der Waals surface area contributed by atoms with Crippen LogP contribution in [-0.4, -0.2) is 10.8 Å². The van der Waals surface area contributed by atoms with Crippen molar-refractivity contribution >= 4 is 16.7 Å². The van der Waals surface area contributed by atoms with Gasteiger partial charge in [-0.05, 0) is 31.4 Å². The van der Waals surface area contributed by atoms with E-state index in [1.807, 2.05) is 30.3 Å². The molecule has 78 valence electrons. The fourth-order valence-corrected chi connectivity index (χ4v) is 1.10. The minimum atomic E-state index is -0.0521. The number of para-hydroxylation sites is 1. The van der Waals surface area contributed by atoms with E-state index in [1.54, 1.807) is 0 Å². The normalized spacial score (nSPS) is 9.20. The van der Waals surface area contributed by atoms with Crippen molar-refractivity contribution in [2.45, 2.75) is 13.8 Å². The fraction of sp³-hybridized carbons (Fsp3) is 0.167. The topological polar surface area (TPSA) is 49.9 Å². The van der Waals surface area contributed by atoms with Crippen LogP contribution in [0.4, 0.5) is 0 Å². The number of nitrogens with one attached hydrogen (secondary N) is 1. The van der Waals surface area contributed by atoms with Gasteiger partial charge in [0.2, 0.25) is 5.56 Å². The van der Waals surface area contributed by atoms with Crippen molar-refractivity contribution in [3.05, 3.63) is 46.8 Å². The lowest BCUT2D eigenvalue weighted by Gasteiger charge is -1.93. The summed E-state index contributed by atoms with van der Waals surface area (Å²) in [7, 11) is 0. The Bertz CT molecular complexity index is 510. The van der Waals surface area contributed by atoms with Gasteiger partial charge in [0.25, 0.3) is 0 Å². The second-order valence-corrected chi connectivity index (χ2v) is 3.32. The minimum absolute atomic E-state index is 0.0521. The van der Waals surface area contributed by atoms with Crippen LogP contribution in [0.25, 0.3) is 10.9 Å². The van der Waals surface area contributed by atoms with E-state index in [4.69, 9.17) is 0 Å². The number of fused-ring (bicyclic) bond motifs is 1. The van der Waals surface area contributed by atoms with Gasteiger partial charge in [-0.2, -0.15) is 0 Å². The zero-order valence-corrected chi connectivity index (χ0v) is 8.78. The van der Waals surface area contributed by atoms with Crippen LogP contribution in [0.5, 0.6) is 0 Å². The maximum absolute atomic E-state index is 10.8. The summed E-state index contributed by atoms with van der Waals surface area (Å²) in [5.41, 5.74) is 0.837. The number of ketones is 1. The second-order valence-electron chi connectivity index (χ2n) is 3.32. The Labute approximate surface area is 87.8 Å². The highest BCUT2D eigenvalue weighted by Gasteiger charge is 1.89. The van der Waals surface area contributed by atoms with Crippen molar-refractivity contribution in [1.29, 1.82) is 0 Å². The smallest absolute Gasteiger partial charge is 0.248 e. The van der Waals surface area contributed by atoms with E-state index in [1.165, 1.54) is 19.9 Å². The molecule has 1 heterocycles. The first-order valence-electron chi connectivity index (χ1n) is 4.65. The van der Waals surface area contributed by atoms with Crippen LogP contribution < -0.4 is 5.56 Å². The van der Waals surface area contributed by atoms with Gasteiger partial charge in [-0.3, -0.25) is 4.79 Å². The van der Waals surface area contributed by atoms with Gasteiger partial charge in [0.15, 0.2) is 0 Å². The molecule has 2 aromatic rings.